The van der Waals surface area contributed by atoms with E-state index >= 15 is 0 Å². The van der Waals surface area contributed by atoms with Crippen molar-refractivity contribution >= 4 is 28.9 Å². The minimum atomic E-state index is -0.234. The molecule has 1 nitrogen and oxygen atoms in total. The second kappa shape index (κ2) is 4.54. The summed E-state index contributed by atoms with van der Waals surface area (Å²) in [5, 5.41) is 0. The van der Waals surface area contributed by atoms with Crippen molar-refractivity contribution < 1.29 is 9.18 Å². The lowest BCUT2D eigenvalue weighted by molar-refractivity contribution is -0.107. The molecule has 0 N–H and O–H groups in total. The molecule has 0 atom stereocenters. The molecule has 0 bridgehead atoms. The van der Waals surface area contributed by atoms with Crippen molar-refractivity contribution in [3.8, 4) is 0 Å². The monoisotopic (exact) mass is 278 g/mol. The molecule has 0 fully saturated rings. The molecule has 0 aliphatic rings. The van der Waals surface area contributed by atoms with Crippen LogP contribution < -0.4 is 0 Å². The van der Waals surface area contributed by atoms with Gasteiger partial charge in [-0.15, -0.1) is 0 Å². The zero-order valence-corrected chi connectivity index (χ0v) is 8.55. The summed E-state index contributed by atoms with van der Waals surface area (Å²) >= 11 is 2.05. The summed E-state index contributed by atoms with van der Waals surface area (Å²) in [6.45, 7) is 0. The highest BCUT2D eigenvalue weighted by Gasteiger charge is 1.97. The lowest BCUT2D eigenvalue weighted by Crippen LogP contribution is -1.89. The van der Waals surface area contributed by atoms with Crippen molar-refractivity contribution in [2.75, 3.05) is 0 Å². The van der Waals surface area contributed by atoms with Crippen molar-refractivity contribution in [2.45, 2.75) is 12.8 Å². The van der Waals surface area contributed by atoms with Gasteiger partial charge in [0.15, 0.2) is 0 Å². The second-order valence-corrected chi connectivity index (χ2v) is 3.73. The lowest BCUT2D eigenvalue weighted by atomic mass is 10.1. The van der Waals surface area contributed by atoms with Gasteiger partial charge in [-0.3, -0.25) is 0 Å². The summed E-state index contributed by atoms with van der Waals surface area (Å²) in [6.07, 6.45) is 1.93. The normalized spacial score (nSPS) is 9.83. The van der Waals surface area contributed by atoms with Crippen molar-refractivity contribution in [3.05, 3.63) is 33.1 Å². The summed E-state index contributed by atoms with van der Waals surface area (Å²) in [7, 11) is 0. The van der Waals surface area contributed by atoms with Gasteiger partial charge in [-0.1, -0.05) is 0 Å². The van der Waals surface area contributed by atoms with E-state index in [1.807, 2.05) is 6.07 Å². The van der Waals surface area contributed by atoms with Crippen LogP contribution in [0.1, 0.15) is 12.0 Å². The van der Waals surface area contributed by atoms with Crippen LogP contribution in [-0.2, 0) is 11.2 Å². The van der Waals surface area contributed by atoms with Crippen LogP contribution in [-0.4, -0.2) is 6.29 Å². The maximum Gasteiger partial charge on any atom is 0.124 e. The van der Waals surface area contributed by atoms with Gasteiger partial charge >= 0.3 is 0 Å². The maximum atomic E-state index is 12.8. The Morgan fingerprint density at radius 2 is 2.17 bits per heavy atom. The third-order valence-corrected chi connectivity index (χ3v) is 2.10. The largest absolute Gasteiger partial charge is 0.303 e. The number of aryl methyl sites for hydroxylation is 1. The van der Waals surface area contributed by atoms with Crippen molar-refractivity contribution in [3.63, 3.8) is 0 Å². The molecule has 64 valence electrons. The number of hydrogen-bond acceptors (Lipinski definition) is 1. The van der Waals surface area contributed by atoms with Gasteiger partial charge in [0.1, 0.15) is 12.1 Å². The Hall–Kier alpha value is -0.450. The third-order valence-electron chi connectivity index (χ3n) is 1.47. The SMILES string of the molecule is O=CCCc1cc(F)cc(I)c1. The molecular weight excluding hydrogens is 270 g/mol. The first kappa shape index (κ1) is 9.64. The van der Waals surface area contributed by atoms with Crippen LogP contribution in [0.4, 0.5) is 4.39 Å². The van der Waals surface area contributed by atoms with E-state index in [0.717, 1.165) is 15.4 Å². The smallest absolute Gasteiger partial charge is 0.124 e. The zero-order chi connectivity index (χ0) is 8.97. The van der Waals surface area contributed by atoms with Crippen LogP contribution in [0.2, 0.25) is 0 Å². The fourth-order valence-corrected chi connectivity index (χ4v) is 1.68. The van der Waals surface area contributed by atoms with E-state index in [4.69, 9.17) is 0 Å². The summed E-state index contributed by atoms with van der Waals surface area (Å²) in [5.74, 6) is -0.234. The number of benzene rings is 1. The molecule has 0 spiro atoms. The van der Waals surface area contributed by atoms with E-state index in [-0.39, 0.29) is 5.82 Å². The van der Waals surface area contributed by atoms with Gasteiger partial charge in [0.2, 0.25) is 0 Å². The van der Waals surface area contributed by atoms with E-state index in [2.05, 4.69) is 22.6 Å². The molecule has 0 radical (unpaired) electrons. The fraction of sp³-hybridized carbons (Fsp3) is 0.222. The average molecular weight is 278 g/mol. The van der Waals surface area contributed by atoms with E-state index in [1.165, 1.54) is 12.1 Å². The van der Waals surface area contributed by atoms with Crippen LogP contribution in [0.3, 0.4) is 0 Å². The summed E-state index contributed by atoms with van der Waals surface area (Å²) in [5.41, 5.74) is 0.881. The molecular formula is C9H8FIO. The Morgan fingerprint density at radius 3 is 2.75 bits per heavy atom. The Morgan fingerprint density at radius 1 is 1.42 bits per heavy atom. The predicted octanol–water partition coefficient (Wildman–Crippen LogP) is 2.56. The molecule has 0 unspecified atom stereocenters. The summed E-state index contributed by atoms with van der Waals surface area (Å²) in [4.78, 5) is 10.1. The topological polar surface area (TPSA) is 17.1 Å². The highest BCUT2D eigenvalue weighted by molar-refractivity contribution is 14.1. The van der Waals surface area contributed by atoms with Crippen molar-refractivity contribution in [1.29, 1.82) is 0 Å². The molecule has 1 aromatic carbocycles. The van der Waals surface area contributed by atoms with Gasteiger partial charge in [-0.05, 0) is 52.8 Å². The molecule has 0 aliphatic heterocycles. The van der Waals surface area contributed by atoms with Gasteiger partial charge in [0, 0.05) is 9.99 Å². The Balaban J connectivity index is 2.78. The average Bonchev–Trinajstić information content (AvgIpc) is 1.99. The van der Waals surface area contributed by atoms with Crippen LogP contribution in [0.5, 0.6) is 0 Å². The molecule has 1 aromatic rings. The number of rotatable bonds is 3. The van der Waals surface area contributed by atoms with Crippen LogP contribution >= 0.6 is 22.6 Å². The van der Waals surface area contributed by atoms with Gasteiger partial charge < -0.3 is 4.79 Å². The van der Waals surface area contributed by atoms with Gasteiger partial charge in [-0.25, -0.2) is 4.39 Å². The Labute approximate surface area is 84.1 Å². The number of aldehydes is 1. The van der Waals surface area contributed by atoms with E-state index < -0.39 is 0 Å². The second-order valence-electron chi connectivity index (χ2n) is 2.48. The van der Waals surface area contributed by atoms with Crippen LogP contribution in [0.25, 0.3) is 0 Å². The summed E-state index contributed by atoms with van der Waals surface area (Å²) < 4.78 is 13.6. The number of hydrogen-bond donors (Lipinski definition) is 0. The zero-order valence-electron chi connectivity index (χ0n) is 6.39. The molecule has 12 heavy (non-hydrogen) atoms. The van der Waals surface area contributed by atoms with Crippen molar-refractivity contribution in [2.24, 2.45) is 0 Å². The maximum absolute atomic E-state index is 12.8. The van der Waals surface area contributed by atoms with Gasteiger partial charge in [0.05, 0.1) is 0 Å². The molecule has 0 aromatic heterocycles. The first-order valence-corrected chi connectivity index (χ1v) is 4.69. The minimum absolute atomic E-state index is 0.234. The lowest BCUT2D eigenvalue weighted by Gasteiger charge is -1.98. The first-order chi connectivity index (χ1) is 5.72. The van der Waals surface area contributed by atoms with Crippen LogP contribution in [0.15, 0.2) is 18.2 Å². The third kappa shape index (κ3) is 2.89. The Kier molecular flexibility index (Phi) is 3.65. The molecule has 0 heterocycles. The van der Waals surface area contributed by atoms with E-state index in [1.54, 1.807) is 0 Å². The summed E-state index contributed by atoms with van der Waals surface area (Å²) in [6, 6.07) is 4.81. The molecule has 0 amide bonds. The van der Waals surface area contributed by atoms with E-state index in [9.17, 15) is 9.18 Å². The molecule has 1 rings (SSSR count). The fourth-order valence-electron chi connectivity index (χ4n) is 0.981. The van der Waals surface area contributed by atoms with Gasteiger partial charge in [0.25, 0.3) is 0 Å². The highest BCUT2D eigenvalue weighted by Crippen LogP contribution is 2.12. The molecule has 0 aliphatic carbocycles. The molecule has 0 saturated heterocycles. The molecule has 0 saturated carbocycles. The quantitative estimate of drug-likeness (QED) is 0.613. The van der Waals surface area contributed by atoms with Crippen LogP contribution in [0, 0.1) is 9.39 Å². The predicted molar refractivity (Wildman–Crippen MR) is 53.5 cm³/mol. The Bertz CT molecular complexity index is 266. The number of halogens is 2. The van der Waals surface area contributed by atoms with Crippen molar-refractivity contribution in [1.82, 2.24) is 0 Å². The molecule has 3 heteroatoms. The minimum Gasteiger partial charge on any atom is -0.303 e. The number of carbonyl (C=O) groups excluding carboxylic acids is 1. The first-order valence-electron chi connectivity index (χ1n) is 3.61. The van der Waals surface area contributed by atoms with E-state index in [0.29, 0.717) is 12.8 Å². The standard InChI is InChI=1S/C9H8FIO/c10-8-4-7(2-1-3-12)5-9(11)6-8/h3-6H,1-2H2. The number of carbonyl (C=O) groups is 1. The van der Waals surface area contributed by atoms with Gasteiger partial charge in [-0.2, -0.15) is 0 Å². The highest BCUT2D eigenvalue weighted by atomic mass is 127.